The van der Waals surface area contributed by atoms with Crippen molar-refractivity contribution in [3.63, 3.8) is 0 Å². The molecule has 112 valence electrons. The molecular formula is C15H25N3O2. The van der Waals surface area contributed by atoms with Gasteiger partial charge in [0, 0.05) is 13.2 Å². The van der Waals surface area contributed by atoms with E-state index < -0.39 is 0 Å². The quantitative estimate of drug-likeness (QED) is 0.918. The van der Waals surface area contributed by atoms with Crippen LogP contribution in [0.5, 0.6) is 0 Å². The highest BCUT2D eigenvalue weighted by Crippen LogP contribution is 2.39. The van der Waals surface area contributed by atoms with Crippen LogP contribution in [0.4, 0.5) is 0 Å². The molecule has 1 aliphatic carbocycles. The molecule has 0 spiro atoms. The Morgan fingerprint density at radius 1 is 1.30 bits per heavy atom. The Labute approximate surface area is 120 Å². The molecular weight excluding hydrogens is 254 g/mol. The summed E-state index contributed by atoms with van der Waals surface area (Å²) in [6, 6.07) is 0. The van der Waals surface area contributed by atoms with Crippen LogP contribution in [-0.2, 0) is 10.3 Å². The monoisotopic (exact) mass is 279 g/mol. The number of piperidine rings is 1. The predicted molar refractivity (Wildman–Crippen MR) is 75.5 cm³/mol. The SMILES string of the molecule is CCOC1(c2noc([C@@H]3CCCNC3)n2)CCCCC1. The molecule has 2 fully saturated rings. The predicted octanol–water partition coefficient (Wildman–Crippen LogP) is 2.73. The smallest absolute Gasteiger partial charge is 0.231 e. The number of nitrogens with zero attached hydrogens (tertiary/aromatic N) is 2. The van der Waals surface area contributed by atoms with E-state index in [-0.39, 0.29) is 5.60 Å². The Kier molecular flexibility index (Phi) is 4.36. The maximum Gasteiger partial charge on any atom is 0.231 e. The molecule has 2 aliphatic rings. The van der Waals surface area contributed by atoms with E-state index in [0.717, 1.165) is 44.1 Å². The normalized spacial score (nSPS) is 26.6. The standard InChI is InChI=1S/C15H25N3O2/c1-2-19-15(8-4-3-5-9-15)14-17-13(20-18-14)12-7-6-10-16-11-12/h12,16H,2-11H2,1H3/t12-/m1/s1. The molecule has 5 nitrogen and oxygen atoms in total. The summed E-state index contributed by atoms with van der Waals surface area (Å²) >= 11 is 0. The molecule has 2 heterocycles. The van der Waals surface area contributed by atoms with Gasteiger partial charge < -0.3 is 14.6 Å². The van der Waals surface area contributed by atoms with Crippen molar-refractivity contribution in [2.24, 2.45) is 0 Å². The average Bonchev–Trinajstić information content (AvgIpc) is 3.00. The molecule has 20 heavy (non-hydrogen) atoms. The van der Waals surface area contributed by atoms with Crippen molar-refractivity contribution < 1.29 is 9.26 Å². The van der Waals surface area contributed by atoms with Crippen LogP contribution in [0.25, 0.3) is 0 Å². The zero-order valence-corrected chi connectivity index (χ0v) is 12.4. The highest BCUT2D eigenvalue weighted by molar-refractivity contribution is 5.06. The number of hydrogen-bond donors (Lipinski definition) is 1. The summed E-state index contributed by atoms with van der Waals surface area (Å²) in [6.45, 7) is 4.79. The molecule has 0 bridgehead atoms. The first-order chi connectivity index (χ1) is 9.84. The molecule has 1 N–H and O–H groups in total. The first-order valence-electron chi connectivity index (χ1n) is 8.03. The Bertz CT molecular complexity index is 415. The second-order valence-corrected chi connectivity index (χ2v) is 5.99. The van der Waals surface area contributed by atoms with Gasteiger partial charge in [-0.25, -0.2) is 0 Å². The van der Waals surface area contributed by atoms with Crippen molar-refractivity contribution in [2.75, 3.05) is 19.7 Å². The van der Waals surface area contributed by atoms with Crippen LogP contribution in [0.2, 0.25) is 0 Å². The Balaban J connectivity index is 1.79. The molecule has 0 aromatic carbocycles. The molecule has 1 saturated heterocycles. The minimum atomic E-state index is -0.295. The number of ether oxygens (including phenoxy) is 1. The number of aromatic nitrogens is 2. The lowest BCUT2D eigenvalue weighted by atomic mass is 9.84. The minimum absolute atomic E-state index is 0.295. The molecule has 5 heteroatoms. The summed E-state index contributed by atoms with van der Waals surface area (Å²) in [4.78, 5) is 4.71. The molecule has 0 radical (unpaired) electrons. The van der Waals surface area contributed by atoms with Gasteiger partial charge in [-0.15, -0.1) is 0 Å². The van der Waals surface area contributed by atoms with Crippen LogP contribution in [0, 0.1) is 0 Å². The van der Waals surface area contributed by atoms with Gasteiger partial charge in [-0.05, 0) is 39.2 Å². The molecule has 1 aromatic heterocycles. The lowest BCUT2D eigenvalue weighted by molar-refractivity contribution is -0.0777. The van der Waals surface area contributed by atoms with Crippen molar-refractivity contribution >= 4 is 0 Å². The van der Waals surface area contributed by atoms with Gasteiger partial charge in [0.05, 0.1) is 5.92 Å². The van der Waals surface area contributed by atoms with Crippen molar-refractivity contribution in [3.8, 4) is 0 Å². The van der Waals surface area contributed by atoms with Gasteiger partial charge >= 0.3 is 0 Å². The summed E-state index contributed by atoms with van der Waals surface area (Å²) in [5, 5.41) is 7.66. The second kappa shape index (κ2) is 6.22. The van der Waals surface area contributed by atoms with Gasteiger partial charge in [0.2, 0.25) is 11.7 Å². The van der Waals surface area contributed by atoms with Crippen LogP contribution in [0.1, 0.15) is 69.5 Å². The summed E-state index contributed by atoms with van der Waals surface area (Å²) in [6.07, 6.45) is 8.01. The lowest BCUT2D eigenvalue weighted by Crippen LogP contribution is -2.34. The maximum atomic E-state index is 6.06. The zero-order chi connectivity index (χ0) is 13.8. The largest absolute Gasteiger partial charge is 0.367 e. The van der Waals surface area contributed by atoms with Crippen molar-refractivity contribution in [1.82, 2.24) is 15.5 Å². The third-order valence-electron chi connectivity index (χ3n) is 4.58. The van der Waals surface area contributed by atoms with Crippen molar-refractivity contribution in [1.29, 1.82) is 0 Å². The van der Waals surface area contributed by atoms with E-state index in [0.29, 0.717) is 12.5 Å². The molecule has 1 saturated carbocycles. The molecule has 0 unspecified atom stereocenters. The number of rotatable bonds is 4. The van der Waals surface area contributed by atoms with Crippen LogP contribution >= 0.6 is 0 Å². The highest BCUT2D eigenvalue weighted by atomic mass is 16.5. The molecule has 0 amide bonds. The topological polar surface area (TPSA) is 60.2 Å². The van der Waals surface area contributed by atoms with Gasteiger partial charge in [0.1, 0.15) is 5.60 Å². The van der Waals surface area contributed by atoms with Gasteiger partial charge in [-0.2, -0.15) is 4.98 Å². The van der Waals surface area contributed by atoms with E-state index >= 15 is 0 Å². The Morgan fingerprint density at radius 2 is 2.15 bits per heavy atom. The summed E-state index contributed by atoms with van der Waals surface area (Å²) in [5.74, 6) is 1.93. The summed E-state index contributed by atoms with van der Waals surface area (Å²) in [5.41, 5.74) is -0.295. The first-order valence-corrected chi connectivity index (χ1v) is 8.03. The van der Waals surface area contributed by atoms with E-state index in [1.807, 2.05) is 6.92 Å². The van der Waals surface area contributed by atoms with Crippen molar-refractivity contribution in [3.05, 3.63) is 11.7 Å². The van der Waals surface area contributed by atoms with Gasteiger partial charge in [0.15, 0.2) is 0 Å². The fourth-order valence-corrected chi connectivity index (χ4v) is 3.48. The number of nitrogens with one attached hydrogen (secondary N) is 1. The van der Waals surface area contributed by atoms with Gasteiger partial charge in [-0.3, -0.25) is 0 Å². The summed E-state index contributed by atoms with van der Waals surface area (Å²) in [7, 11) is 0. The molecule has 1 aromatic rings. The van der Waals surface area contributed by atoms with Crippen molar-refractivity contribution in [2.45, 2.75) is 63.4 Å². The summed E-state index contributed by atoms with van der Waals surface area (Å²) < 4.78 is 11.6. The van der Waals surface area contributed by atoms with Gasteiger partial charge in [0.25, 0.3) is 0 Å². The minimum Gasteiger partial charge on any atom is -0.367 e. The number of hydrogen-bond acceptors (Lipinski definition) is 5. The molecule has 3 rings (SSSR count). The maximum absolute atomic E-state index is 6.06. The average molecular weight is 279 g/mol. The fourth-order valence-electron chi connectivity index (χ4n) is 3.48. The van der Waals surface area contributed by atoms with Crippen LogP contribution in [-0.4, -0.2) is 29.8 Å². The van der Waals surface area contributed by atoms with Gasteiger partial charge in [-0.1, -0.05) is 24.4 Å². The van der Waals surface area contributed by atoms with Crippen LogP contribution in [0.15, 0.2) is 4.52 Å². The Hall–Kier alpha value is -0.940. The van der Waals surface area contributed by atoms with Crippen LogP contribution in [0.3, 0.4) is 0 Å². The van der Waals surface area contributed by atoms with E-state index in [1.165, 1.54) is 25.7 Å². The highest BCUT2D eigenvalue weighted by Gasteiger charge is 2.39. The Morgan fingerprint density at radius 3 is 2.85 bits per heavy atom. The van der Waals surface area contributed by atoms with E-state index in [9.17, 15) is 0 Å². The molecule has 1 atom stereocenters. The first kappa shape index (κ1) is 14.0. The van der Waals surface area contributed by atoms with E-state index in [2.05, 4.69) is 10.5 Å². The fraction of sp³-hybridized carbons (Fsp3) is 0.867. The molecule has 1 aliphatic heterocycles. The lowest BCUT2D eigenvalue weighted by Gasteiger charge is -2.34. The van der Waals surface area contributed by atoms with Crippen LogP contribution < -0.4 is 5.32 Å². The second-order valence-electron chi connectivity index (χ2n) is 5.99. The third-order valence-corrected chi connectivity index (χ3v) is 4.58. The zero-order valence-electron chi connectivity index (χ0n) is 12.4. The van der Waals surface area contributed by atoms with E-state index in [1.54, 1.807) is 0 Å². The van der Waals surface area contributed by atoms with E-state index in [4.69, 9.17) is 14.2 Å². The third kappa shape index (κ3) is 2.74.